The zero-order valence-corrected chi connectivity index (χ0v) is 12.3. The number of hydrogen-bond acceptors (Lipinski definition) is 4. The van der Waals surface area contributed by atoms with E-state index in [1.807, 2.05) is 26.0 Å². The van der Waals surface area contributed by atoms with Crippen LogP contribution in [0.4, 0.5) is 5.69 Å². The van der Waals surface area contributed by atoms with Gasteiger partial charge in [0.15, 0.2) is 0 Å². The zero-order chi connectivity index (χ0) is 15.4. The van der Waals surface area contributed by atoms with Gasteiger partial charge in [0, 0.05) is 5.56 Å². The third kappa shape index (κ3) is 3.09. The van der Waals surface area contributed by atoms with Crippen LogP contribution in [0.3, 0.4) is 0 Å². The van der Waals surface area contributed by atoms with Crippen molar-refractivity contribution in [1.82, 2.24) is 0 Å². The van der Waals surface area contributed by atoms with Gasteiger partial charge in [0.1, 0.15) is 17.6 Å². The number of nitrogens with one attached hydrogen (secondary N) is 1. The van der Waals surface area contributed by atoms with Gasteiger partial charge in [-0.25, -0.2) is 0 Å². The molecule has 0 aliphatic heterocycles. The highest BCUT2D eigenvalue weighted by atomic mass is 16.5. The fraction of sp³-hybridized carbons (Fsp3) is 0.235. The lowest BCUT2D eigenvalue weighted by atomic mass is 10.0. The van der Waals surface area contributed by atoms with Crippen molar-refractivity contribution >= 4 is 5.69 Å². The molecule has 0 radical (unpaired) electrons. The third-order valence-corrected chi connectivity index (χ3v) is 3.38. The number of hydrogen-bond donors (Lipinski definition) is 2. The lowest BCUT2D eigenvalue weighted by Gasteiger charge is -2.20. The molecular weight excluding hydrogens is 264 g/mol. The van der Waals surface area contributed by atoms with Crippen LogP contribution in [0.5, 0.6) is 11.5 Å². The van der Waals surface area contributed by atoms with E-state index in [4.69, 9.17) is 4.74 Å². The number of benzene rings is 2. The lowest BCUT2D eigenvalue weighted by molar-refractivity contribution is 0.415. The molecule has 108 valence electrons. The predicted octanol–water partition coefficient (Wildman–Crippen LogP) is 3.75. The van der Waals surface area contributed by atoms with E-state index in [1.165, 1.54) is 0 Å². The fourth-order valence-corrected chi connectivity index (χ4v) is 2.26. The first-order valence-electron chi connectivity index (χ1n) is 6.70. The van der Waals surface area contributed by atoms with E-state index in [2.05, 4.69) is 11.4 Å². The maximum atomic E-state index is 10.0. The van der Waals surface area contributed by atoms with E-state index in [1.54, 1.807) is 31.4 Å². The van der Waals surface area contributed by atoms with Crippen LogP contribution < -0.4 is 10.1 Å². The van der Waals surface area contributed by atoms with Crippen molar-refractivity contribution in [2.24, 2.45) is 0 Å². The molecule has 0 heterocycles. The van der Waals surface area contributed by atoms with Gasteiger partial charge in [0.25, 0.3) is 0 Å². The number of phenols is 1. The summed E-state index contributed by atoms with van der Waals surface area (Å²) in [7, 11) is 1.57. The van der Waals surface area contributed by atoms with Crippen molar-refractivity contribution in [2.45, 2.75) is 19.9 Å². The molecule has 0 aliphatic rings. The molecule has 0 saturated heterocycles. The summed E-state index contributed by atoms with van der Waals surface area (Å²) in [6.45, 7) is 3.90. The molecular formula is C17H18N2O2. The maximum Gasteiger partial charge on any atom is 0.143 e. The van der Waals surface area contributed by atoms with Crippen LogP contribution in [-0.2, 0) is 0 Å². The minimum absolute atomic E-state index is 0.159. The van der Waals surface area contributed by atoms with Gasteiger partial charge in [0.05, 0.1) is 24.4 Å². The molecule has 1 atom stereocenters. The molecule has 0 aromatic heterocycles. The van der Waals surface area contributed by atoms with Gasteiger partial charge < -0.3 is 15.2 Å². The van der Waals surface area contributed by atoms with Crippen LogP contribution in [-0.4, -0.2) is 12.2 Å². The minimum atomic E-state index is -0.159. The number of aryl methyl sites for hydroxylation is 1. The average Bonchev–Trinajstić information content (AvgIpc) is 2.49. The molecule has 0 amide bonds. The molecule has 2 rings (SSSR count). The predicted molar refractivity (Wildman–Crippen MR) is 82.6 cm³/mol. The van der Waals surface area contributed by atoms with Crippen molar-refractivity contribution in [2.75, 3.05) is 12.4 Å². The van der Waals surface area contributed by atoms with E-state index in [0.29, 0.717) is 17.0 Å². The molecule has 2 aromatic carbocycles. The number of para-hydroxylation sites is 1. The fourth-order valence-electron chi connectivity index (χ4n) is 2.26. The summed E-state index contributed by atoms with van der Waals surface area (Å²) in [6.07, 6.45) is 0. The zero-order valence-electron chi connectivity index (χ0n) is 12.3. The second-order valence-corrected chi connectivity index (χ2v) is 4.92. The highest BCUT2D eigenvalue weighted by molar-refractivity contribution is 5.67. The number of aromatic hydroxyl groups is 1. The second-order valence-electron chi connectivity index (χ2n) is 4.92. The Hall–Kier alpha value is -2.67. The van der Waals surface area contributed by atoms with Crippen molar-refractivity contribution in [3.63, 3.8) is 0 Å². The summed E-state index contributed by atoms with van der Waals surface area (Å²) >= 11 is 0. The first-order valence-corrected chi connectivity index (χ1v) is 6.70. The van der Waals surface area contributed by atoms with Gasteiger partial charge >= 0.3 is 0 Å². The molecule has 2 N–H and O–H groups in total. The molecule has 0 bridgehead atoms. The summed E-state index contributed by atoms with van der Waals surface area (Å²) in [6, 6.07) is 12.8. The minimum Gasteiger partial charge on any atom is -0.508 e. The average molecular weight is 282 g/mol. The molecule has 4 nitrogen and oxygen atoms in total. The van der Waals surface area contributed by atoms with Crippen LogP contribution >= 0.6 is 0 Å². The second kappa shape index (κ2) is 6.19. The molecule has 1 unspecified atom stereocenters. The van der Waals surface area contributed by atoms with Gasteiger partial charge in [-0.1, -0.05) is 23.8 Å². The Bertz CT molecular complexity index is 690. The van der Waals surface area contributed by atoms with Gasteiger partial charge in [0.2, 0.25) is 0 Å². The quantitative estimate of drug-likeness (QED) is 0.896. The van der Waals surface area contributed by atoms with Crippen LogP contribution in [0.15, 0.2) is 36.4 Å². The smallest absolute Gasteiger partial charge is 0.143 e. The lowest BCUT2D eigenvalue weighted by Crippen LogP contribution is -2.09. The number of nitrogens with zero attached hydrogens (tertiary/aromatic N) is 1. The molecule has 0 aliphatic carbocycles. The van der Waals surface area contributed by atoms with Crippen LogP contribution in [0.2, 0.25) is 0 Å². The van der Waals surface area contributed by atoms with E-state index in [9.17, 15) is 10.4 Å². The summed E-state index contributed by atoms with van der Waals surface area (Å²) in [5.74, 6) is 0.835. The van der Waals surface area contributed by atoms with Gasteiger partial charge in [-0.2, -0.15) is 5.26 Å². The van der Waals surface area contributed by atoms with Crippen molar-refractivity contribution in [3.8, 4) is 17.6 Å². The number of ether oxygens (including phenoxy) is 1. The summed E-state index contributed by atoms with van der Waals surface area (Å²) in [5, 5.41) is 22.5. The number of phenolic OH excluding ortho intramolecular Hbond substituents is 1. The Labute approximate surface area is 124 Å². The van der Waals surface area contributed by atoms with Crippen molar-refractivity contribution in [1.29, 1.82) is 5.26 Å². The molecule has 21 heavy (non-hydrogen) atoms. The van der Waals surface area contributed by atoms with E-state index >= 15 is 0 Å². The third-order valence-electron chi connectivity index (χ3n) is 3.38. The number of nitriles is 1. The Morgan fingerprint density at radius 2 is 2.05 bits per heavy atom. The Kier molecular flexibility index (Phi) is 4.34. The summed E-state index contributed by atoms with van der Waals surface area (Å²) in [4.78, 5) is 0. The highest BCUT2D eigenvalue weighted by Crippen LogP contribution is 2.33. The molecule has 0 fully saturated rings. The Morgan fingerprint density at radius 1 is 1.29 bits per heavy atom. The van der Waals surface area contributed by atoms with Gasteiger partial charge in [-0.05, 0) is 32.0 Å². The van der Waals surface area contributed by atoms with Crippen LogP contribution in [0, 0.1) is 18.3 Å². The van der Waals surface area contributed by atoms with Crippen LogP contribution in [0.1, 0.15) is 29.7 Å². The largest absolute Gasteiger partial charge is 0.508 e. The summed E-state index contributed by atoms with van der Waals surface area (Å²) < 4.78 is 5.30. The maximum absolute atomic E-state index is 10.0. The normalized spacial score (nSPS) is 11.5. The van der Waals surface area contributed by atoms with Gasteiger partial charge in [-0.3, -0.25) is 0 Å². The number of methoxy groups -OCH3 is 1. The standard InChI is InChI=1S/C17H18N2O2/c1-11-7-8-15(20)14(9-11)12(2)19-17-13(10-18)5-4-6-16(17)21-3/h4-9,12,19-20H,1-3H3. The highest BCUT2D eigenvalue weighted by Gasteiger charge is 2.15. The first-order chi connectivity index (χ1) is 10.1. The van der Waals surface area contributed by atoms with Gasteiger partial charge in [-0.15, -0.1) is 0 Å². The van der Waals surface area contributed by atoms with E-state index in [0.717, 1.165) is 11.1 Å². The monoisotopic (exact) mass is 282 g/mol. The molecule has 0 spiro atoms. The number of rotatable bonds is 4. The first kappa shape index (κ1) is 14.7. The van der Waals surface area contributed by atoms with Crippen molar-refractivity contribution < 1.29 is 9.84 Å². The van der Waals surface area contributed by atoms with E-state index in [-0.39, 0.29) is 11.8 Å². The SMILES string of the molecule is COc1cccc(C#N)c1NC(C)c1cc(C)ccc1O. The Morgan fingerprint density at radius 3 is 2.71 bits per heavy atom. The molecule has 4 heteroatoms. The summed E-state index contributed by atoms with van der Waals surface area (Å²) in [5.41, 5.74) is 2.99. The van der Waals surface area contributed by atoms with E-state index < -0.39 is 0 Å². The molecule has 2 aromatic rings. The topological polar surface area (TPSA) is 65.3 Å². The van der Waals surface area contributed by atoms with Crippen molar-refractivity contribution in [3.05, 3.63) is 53.1 Å². The Balaban J connectivity index is 2.38. The molecule has 0 saturated carbocycles. The number of anilines is 1. The van der Waals surface area contributed by atoms with Crippen LogP contribution in [0.25, 0.3) is 0 Å².